The minimum Gasteiger partial charge on any atom is -0.326 e. The summed E-state index contributed by atoms with van der Waals surface area (Å²) in [5, 5.41) is 2.89. The first kappa shape index (κ1) is 15.2. The zero-order valence-electron chi connectivity index (χ0n) is 12.3. The number of quaternary nitrogens is 1. The molecule has 2 rings (SSSR count). The van der Waals surface area contributed by atoms with Gasteiger partial charge in [0.15, 0.2) is 6.54 Å². The Morgan fingerprint density at radius 2 is 1.90 bits per heavy atom. The van der Waals surface area contributed by atoms with Crippen LogP contribution in [0.5, 0.6) is 0 Å². The predicted molar refractivity (Wildman–Crippen MR) is 81.7 cm³/mol. The monoisotopic (exact) mass is 287 g/mol. The first-order valence-corrected chi connectivity index (χ1v) is 6.95. The Hall–Kier alpha value is -2.20. The number of carbonyl (C=O) groups is 1. The van der Waals surface area contributed by atoms with Gasteiger partial charge in [-0.15, -0.1) is 0 Å². The molecule has 2 aromatic carbocycles. The molecule has 110 valence electrons. The van der Waals surface area contributed by atoms with Crippen molar-refractivity contribution in [3.05, 3.63) is 65.5 Å². The van der Waals surface area contributed by atoms with Crippen LogP contribution in [0.1, 0.15) is 11.1 Å². The summed E-state index contributed by atoms with van der Waals surface area (Å²) in [6.45, 7) is 3.04. The van der Waals surface area contributed by atoms with E-state index in [1.165, 1.54) is 12.1 Å². The topological polar surface area (TPSA) is 33.5 Å². The number of carbonyl (C=O) groups excluding carboxylic acids is 1. The molecule has 0 heterocycles. The number of aryl methyl sites for hydroxylation is 1. The smallest absolute Gasteiger partial charge is 0.279 e. The van der Waals surface area contributed by atoms with E-state index in [0.29, 0.717) is 13.1 Å². The van der Waals surface area contributed by atoms with E-state index in [4.69, 9.17) is 0 Å². The standard InChI is InChI=1S/C17H19FN2O/c1-13-4-3-5-16(10-13)19-17(21)12-20(2)11-14-6-8-15(18)9-7-14/h3-10H,11-12H2,1-2H3,(H,19,21)/p+1. The Morgan fingerprint density at radius 1 is 1.19 bits per heavy atom. The number of likely N-dealkylation sites (N-methyl/N-ethyl adjacent to an activating group) is 1. The van der Waals surface area contributed by atoms with E-state index in [1.807, 2.05) is 38.2 Å². The van der Waals surface area contributed by atoms with E-state index in [0.717, 1.165) is 21.7 Å². The van der Waals surface area contributed by atoms with E-state index in [2.05, 4.69) is 5.32 Å². The summed E-state index contributed by atoms with van der Waals surface area (Å²) in [6.07, 6.45) is 0. The third-order valence-corrected chi connectivity index (χ3v) is 3.18. The van der Waals surface area contributed by atoms with Crippen molar-refractivity contribution in [1.82, 2.24) is 0 Å². The first-order valence-electron chi connectivity index (χ1n) is 6.95. The fourth-order valence-electron chi connectivity index (χ4n) is 2.22. The second kappa shape index (κ2) is 6.99. The predicted octanol–water partition coefficient (Wildman–Crippen LogP) is 1.79. The number of halogens is 1. The summed E-state index contributed by atoms with van der Waals surface area (Å²) in [6, 6.07) is 14.1. The lowest BCUT2D eigenvalue weighted by atomic mass is 10.2. The molecule has 1 unspecified atom stereocenters. The molecule has 0 radical (unpaired) electrons. The van der Waals surface area contributed by atoms with Crippen LogP contribution in [-0.4, -0.2) is 19.5 Å². The van der Waals surface area contributed by atoms with Crippen LogP contribution in [0.15, 0.2) is 48.5 Å². The second-order valence-electron chi connectivity index (χ2n) is 5.35. The molecule has 0 bridgehead atoms. The number of hydrogen-bond donors (Lipinski definition) is 2. The lowest BCUT2D eigenvalue weighted by Crippen LogP contribution is -3.08. The highest BCUT2D eigenvalue weighted by atomic mass is 19.1. The van der Waals surface area contributed by atoms with Gasteiger partial charge in [0.05, 0.1) is 7.05 Å². The zero-order chi connectivity index (χ0) is 15.2. The van der Waals surface area contributed by atoms with E-state index in [9.17, 15) is 9.18 Å². The van der Waals surface area contributed by atoms with Crippen LogP contribution < -0.4 is 10.2 Å². The van der Waals surface area contributed by atoms with Gasteiger partial charge in [0, 0.05) is 11.3 Å². The Morgan fingerprint density at radius 3 is 2.57 bits per heavy atom. The summed E-state index contributed by atoms with van der Waals surface area (Å²) in [5.41, 5.74) is 2.94. The first-order chi connectivity index (χ1) is 10.0. The summed E-state index contributed by atoms with van der Waals surface area (Å²) in [4.78, 5) is 13.0. The van der Waals surface area contributed by atoms with E-state index < -0.39 is 0 Å². The molecule has 2 aromatic rings. The Labute approximate surface area is 124 Å². The molecular formula is C17H20FN2O+. The van der Waals surface area contributed by atoms with Crippen LogP contribution in [0.25, 0.3) is 0 Å². The maximum atomic E-state index is 12.8. The molecule has 0 aliphatic heterocycles. The largest absolute Gasteiger partial charge is 0.326 e. The van der Waals surface area contributed by atoms with Crippen molar-refractivity contribution in [3.8, 4) is 0 Å². The van der Waals surface area contributed by atoms with E-state index in [1.54, 1.807) is 12.1 Å². The number of anilines is 1. The van der Waals surface area contributed by atoms with Crippen molar-refractivity contribution in [2.75, 3.05) is 18.9 Å². The molecule has 4 heteroatoms. The Bertz CT molecular complexity index is 610. The molecule has 2 N–H and O–H groups in total. The number of benzene rings is 2. The molecule has 0 saturated carbocycles. The van der Waals surface area contributed by atoms with Crippen LogP contribution >= 0.6 is 0 Å². The SMILES string of the molecule is Cc1cccc(NC(=O)C[NH+](C)Cc2ccc(F)cc2)c1. The summed E-state index contributed by atoms with van der Waals surface area (Å²) in [7, 11) is 1.94. The average Bonchev–Trinajstić information content (AvgIpc) is 2.41. The summed E-state index contributed by atoms with van der Waals surface area (Å²) >= 11 is 0. The maximum Gasteiger partial charge on any atom is 0.279 e. The lowest BCUT2D eigenvalue weighted by Gasteiger charge is -2.14. The molecular weight excluding hydrogens is 267 g/mol. The van der Waals surface area contributed by atoms with Gasteiger partial charge in [0.2, 0.25) is 0 Å². The van der Waals surface area contributed by atoms with Gasteiger partial charge < -0.3 is 10.2 Å². The van der Waals surface area contributed by atoms with Crippen molar-refractivity contribution >= 4 is 11.6 Å². The molecule has 0 aliphatic carbocycles. The van der Waals surface area contributed by atoms with Crippen LogP contribution in [0.4, 0.5) is 10.1 Å². The number of rotatable bonds is 5. The van der Waals surface area contributed by atoms with Gasteiger partial charge in [-0.1, -0.05) is 24.3 Å². The molecule has 0 spiro atoms. The van der Waals surface area contributed by atoms with Crippen LogP contribution in [0.2, 0.25) is 0 Å². The van der Waals surface area contributed by atoms with Crippen molar-refractivity contribution < 1.29 is 14.1 Å². The normalized spacial score (nSPS) is 12.0. The highest BCUT2D eigenvalue weighted by Crippen LogP contribution is 2.08. The van der Waals surface area contributed by atoms with Gasteiger partial charge in [0.1, 0.15) is 12.4 Å². The fourth-order valence-corrected chi connectivity index (χ4v) is 2.22. The number of hydrogen-bond acceptors (Lipinski definition) is 1. The minimum atomic E-state index is -0.242. The molecule has 0 aliphatic rings. The third-order valence-electron chi connectivity index (χ3n) is 3.18. The maximum absolute atomic E-state index is 12.8. The zero-order valence-corrected chi connectivity index (χ0v) is 12.3. The lowest BCUT2D eigenvalue weighted by molar-refractivity contribution is -0.885. The van der Waals surface area contributed by atoms with Crippen molar-refractivity contribution in [3.63, 3.8) is 0 Å². The van der Waals surface area contributed by atoms with Gasteiger partial charge in [-0.2, -0.15) is 0 Å². The highest BCUT2D eigenvalue weighted by Gasteiger charge is 2.11. The molecule has 21 heavy (non-hydrogen) atoms. The van der Waals surface area contributed by atoms with Crippen molar-refractivity contribution in [1.29, 1.82) is 0 Å². The second-order valence-corrected chi connectivity index (χ2v) is 5.35. The molecule has 3 nitrogen and oxygen atoms in total. The molecule has 0 aromatic heterocycles. The van der Waals surface area contributed by atoms with E-state index in [-0.39, 0.29) is 11.7 Å². The quantitative estimate of drug-likeness (QED) is 0.863. The van der Waals surface area contributed by atoms with Crippen molar-refractivity contribution in [2.45, 2.75) is 13.5 Å². The summed E-state index contributed by atoms with van der Waals surface area (Å²) < 4.78 is 12.8. The minimum absolute atomic E-state index is 0.0276. The molecule has 0 fully saturated rings. The average molecular weight is 287 g/mol. The molecule has 1 amide bonds. The highest BCUT2D eigenvalue weighted by molar-refractivity contribution is 5.91. The van der Waals surface area contributed by atoms with Crippen LogP contribution in [0, 0.1) is 12.7 Å². The number of amides is 1. The Kier molecular flexibility index (Phi) is 5.06. The summed E-state index contributed by atoms with van der Waals surface area (Å²) in [5.74, 6) is -0.270. The van der Waals surface area contributed by atoms with Gasteiger partial charge in [-0.3, -0.25) is 4.79 Å². The van der Waals surface area contributed by atoms with Crippen LogP contribution in [-0.2, 0) is 11.3 Å². The van der Waals surface area contributed by atoms with Gasteiger partial charge in [-0.25, -0.2) is 4.39 Å². The van der Waals surface area contributed by atoms with Gasteiger partial charge in [-0.05, 0) is 36.8 Å². The third kappa shape index (κ3) is 5.00. The van der Waals surface area contributed by atoms with Crippen molar-refractivity contribution in [2.24, 2.45) is 0 Å². The molecule has 0 saturated heterocycles. The van der Waals surface area contributed by atoms with Gasteiger partial charge in [0.25, 0.3) is 5.91 Å². The fraction of sp³-hybridized carbons (Fsp3) is 0.235. The van der Waals surface area contributed by atoms with E-state index >= 15 is 0 Å². The number of nitrogens with one attached hydrogen (secondary N) is 2. The van der Waals surface area contributed by atoms with Gasteiger partial charge >= 0.3 is 0 Å². The molecule has 1 atom stereocenters. The Balaban J connectivity index is 1.86. The van der Waals surface area contributed by atoms with Crippen LogP contribution in [0.3, 0.4) is 0 Å².